The summed E-state index contributed by atoms with van der Waals surface area (Å²) in [5.41, 5.74) is 0. The van der Waals surface area contributed by atoms with E-state index in [0.29, 0.717) is 0 Å². The molecule has 0 amide bonds. The van der Waals surface area contributed by atoms with Gasteiger partial charge in [0.2, 0.25) is 0 Å². The minimum absolute atomic E-state index is 0. The van der Waals surface area contributed by atoms with Crippen LogP contribution in [0, 0.1) is 0 Å². The van der Waals surface area contributed by atoms with E-state index in [2.05, 4.69) is 0 Å². The second-order valence-corrected chi connectivity index (χ2v) is 0. The zero-order valence-electron chi connectivity index (χ0n) is 1.16. The Bertz CT molecular complexity index is 8.00. The number of rotatable bonds is 0. The second-order valence-electron chi connectivity index (χ2n) is 0. The summed E-state index contributed by atoms with van der Waals surface area (Å²) in [5.74, 6) is 0. The maximum Gasteiger partial charge on any atom is 0.0814 e. The first-order chi connectivity index (χ1) is 0. The van der Waals surface area contributed by atoms with Gasteiger partial charge in [-0.05, 0) is 0 Å². The molecule has 0 fully saturated rings. The Hall–Kier alpha value is 1.99. The molecule has 0 aliphatic heterocycles. The van der Waals surface area contributed by atoms with E-state index in [1.807, 2.05) is 0 Å². The van der Waals surface area contributed by atoms with Crippen molar-refractivity contribution in [1.82, 2.24) is 0 Å². The SMILES string of the molecule is B.[Cu].[Fe].[Zr]. The fraction of sp³-hybridized carbons (Fsp3) is 0. The molecule has 4 heteroatoms. The van der Waals surface area contributed by atoms with E-state index in [1.165, 1.54) is 0 Å². The first-order valence-electron chi connectivity index (χ1n) is 0. The van der Waals surface area contributed by atoms with Gasteiger partial charge in [-0.15, -0.1) is 0 Å². The van der Waals surface area contributed by atoms with Crippen LogP contribution >= 0.6 is 0 Å². The van der Waals surface area contributed by atoms with Crippen LogP contribution in [0.5, 0.6) is 0 Å². The maximum atomic E-state index is 0. The molecule has 0 saturated carbocycles. The molecule has 1 radical (unpaired) electrons. The van der Waals surface area contributed by atoms with Crippen molar-refractivity contribution in [3.05, 3.63) is 0 Å². The third-order valence-electron chi connectivity index (χ3n) is 0. The second kappa shape index (κ2) is 20.1. The Morgan fingerprint density at radius 2 is 1.00 bits per heavy atom. The molecule has 0 aromatic heterocycles. The number of hydrogen-bond donors (Lipinski definition) is 0. The summed E-state index contributed by atoms with van der Waals surface area (Å²) in [6.07, 6.45) is 0. The van der Waals surface area contributed by atoms with E-state index >= 15 is 0 Å². The van der Waals surface area contributed by atoms with Crippen LogP contribution in [0.1, 0.15) is 0 Å². The quantitative estimate of drug-likeness (QED) is 0.454. The molecule has 0 N–H and O–H groups in total. The van der Waals surface area contributed by atoms with E-state index in [9.17, 15) is 0 Å². The average molecular weight is 224 g/mol. The molecule has 0 spiro atoms. The molecule has 0 aromatic rings. The molecule has 0 aliphatic carbocycles. The van der Waals surface area contributed by atoms with Gasteiger partial charge in [0.05, 0.1) is 8.41 Å². The Labute approximate surface area is 68.1 Å². The van der Waals surface area contributed by atoms with Gasteiger partial charge >= 0.3 is 0 Å². The van der Waals surface area contributed by atoms with Gasteiger partial charge < -0.3 is 0 Å². The summed E-state index contributed by atoms with van der Waals surface area (Å²) in [7, 11) is 0. The Morgan fingerprint density at radius 1 is 1.00 bits per heavy atom. The molecule has 0 aliphatic rings. The van der Waals surface area contributed by atoms with Crippen LogP contribution < -0.4 is 0 Å². The van der Waals surface area contributed by atoms with Gasteiger partial charge in [0, 0.05) is 60.3 Å². The van der Waals surface area contributed by atoms with Crippen molar-refractivity contribution in [3.8, 4) is 0 Å². The van der Waals surface area contributed by atoms with Crippen molar-refractivity contribution in [2.75, 3.05) is 0 Å². The Morgan fingerprint density at radius 3 is 1.00 bits per heavy atom. The van der Waals surface area contributed by atoms with Gasteiger partial charge in [-0.25, -0.2) is 0 Å². The van der Waals surface area contributed by atoms with E-state index in [1.54, 1.807) is 0 Å². The van der Waals surface area contributed by atoms with Crippen LogP contribution in [0.15, 0.2) is 0 Å². The van der Waals surface area contributed by atoms with Crippen LogP contribution in [0.3, 0.4) is 0 Å². The van der Waals surface area contributed by atoms with Gasteiger partial charge in [0.15, 0.2) is 0 Å². The van der Waals surface area contributed by atoms with Crippen LogP contribution in [0.25, 0.3) is 0 Å². The van der Waals surface area contributed by atoms with Crippen molar-refractivity contribution in [2.45, 2.75) is 0 Å². The van der Waals surface area contributed by atoms with Crippen molar-refractivity contribution in [2.24, 2.45) is 0 Å². The normalized spacial score (nSPS) is 0. The molecule has 0 bridgehead atoms. The molecule has 29 valence electrons. The molecule has 0 rings (SSSR count). The largest absolute Gasteiger partial charge is 0.0814 e. The van der Waals surface area contributed by atoms with Gasteiger partial charge in [-0.2, -0.15) is 0 Å². The zero-order valence-corrected chi connectivity index (χ0v) is 5.66. The first-order valence-corrected chi connectivity index (χ1v) is 0. The number of hydrogen-bond acceptors (Lipinski definition) is 0. The molecular weight excluding hydrogens is 221 g/mol. The van der Waals surface area contributed by atoms with Crippen LogP contribution in [0.2, 0.25) is 0 Å². The summed E-state index contributed by atoms with van der Waals surface area (Å²) in [6, 6.07) is 0. The van der Waals surface area contributed by atoms with E-state index in [0.717, 1.165) is 0 Å². The summed E-state index contributed by atoms with van der Waals surface area (Å²) >= 11 is 0. The van der Waals surface area contributed by atoms with Gasteiger partial charge in [-0.3, -0.25) is 0 Å². The third-order valence-corrected chi connectivity index (χ3v) is 0. The minimum Gasteiger partial charge on any atom is 0 e. The van der Waals surface area contributed by atoms with E-state index in [-0.39, 0.29) is 68.8 Å². The summed E-state index contributed by atoms with van der Waals surface area (Å²) in [6.45, 7) is 0. The monoisotopic (exact) mass is 223 g/mol. The van der Waals surface area contributed by atoms with Gasteiger partial charge in [-0.1, -0.05) is 0 Å². The topological polar surface area (TPSA) is 0 Å². The summed E-state index contributed by atoms with van der Waals surface area (Å²) in [4.78, 5) is 0. The van der Waals surface area contributed by atoms with Crippen molar-refractivity contribution in [1.29, 1.82) is 0 Å². The van der Waals surface area contributed by atoms with Crippen LogP contribution in [-0.2, 0) is 60.3 Å². The Balaban J connectivity index is 0. The zero-order chi connectivity index (χ0) is 0. The maximum absolute atomic E-state index is 0. The molecule has 0 aromatic carbocycles. The molecular formula is H3BCuFeZr. The molecule has 0 nitrogen and oxygen atoms in total. The Kier molecular flexibility index (Phi) is 189. The van der Waals surface area contributed by atoms with E-state index in [4.69, 9.17) is 0 Å². The first kappa shape index (κ1) is 37.7. The van der Waals surface area contributed by atoms with Gasteiger partial charge in [0.25, 0.3) is 0 Å². The molecule has 0 unspecified atom stereocenters. The third kappa shape index (κ3) is 9.01. The fourth-order valence-electron chi connectivity index (χ4n) is 0. The van der Waals surface area contributed by atoms with Gasteiger partial charge in [0.1, 0.15) is 0 Å². The molecule has 0 atom stereocenters. The predicted octanol–water partition coefficient (Wildman–Crippen LogP) is -1.19. The van der Waals surface area contributed by atoms with Crippen LogP contribution in [0.4, 0.5) is 0 Å². The standard InChI is InChI=1S/BH3.Cu.Fe.Zr/h1H3;;;. The van der Waals surface area contributed by atoms with Crippen LogP contribution in [-0.4, -0.2) is 8.41 Å². The molecule has 4 heavy (non-hydrogen) atoms. The fourth-order valence-corrected chi connectivity index (χ4v) is 0. The minimum atomic E-state index is 0. The molecule has 0 saturated heterocycles. The van der Waals surface area contributed by atoms with Crippen molar-refractivity contribution < 1.29 is 60.3 Å². The smallest absolute Gasteiger partial charge is 0 e. The van der Waals surface area contributed by atoms with Crippen molar-refractivity contribution >= 4 is 8.41 Å². The van der Waals surface area contributed by atoms with E-state index < -0.39 is 0 Å². The van der Waals surface area contributed by atoms with Crippen molar-refractivity contribution in [3.63, 3.8) is 0 Å². The molecule has 0 heterocycles. The summed E-state index contributed by atoms with van der Waals surface area (Å²) in [5, 5.41) is 0. The average Bonchev–Trinajstić information content (AvgIpc) is 0. The summed E-state index contributed by atoms with van der Waals surface area (Å²) < 4.78 is 0. The predicted molar refractivity (Wildman–Crippen MR) is 9.94 cm³/mol.